The maximum absolute atomic E-state index is 12.5. The molecule has 5 nitrogen and oxygen atoms in total. The van der Waals surface area contributed by atoms with E-state index in [0.29, 0.717) is 37.1 Å². The molecule has 0 fully saturated rings. The largest absolute Gasteiger partial charge is 0.494 e. The molecule has 1 aromatic carbocycles. The maximum atomic E-state index is 12.5. The van der Waals surface area contributed by atoms with Crippen LogP contribution in [-0.2, 0) is 19.1 Å². The van der Waals surface area contributed by atoms with Crippen LogP contribution in [-0.4, -0.2) is 31.1 Å². The molecule has 0 aliphatic carbocycles. The molecule has 0 amide bonds. The summed E-state index contributed by atoms with van der Waals surface area (Å²) in [5.74, 6) is 1.37. The molecule has 0 saturated carbocycles. The van der Waals surface area contributed by atoms with Crippen molar-refractivity contribution in [1.82, 2.24) is 15.6 Å². The lowest BCUT2D eigenvalue weighted by atomic mass is 10.2. The lowest BCUT2D eigenvalue weighted by molar-refractivity contribution is -0.140. The van der Waals surface area contributed by atoms with E-state index < -0.39 is 11.9 Å². The molecular weight excluding hydrogens is 365 g/mol. The number of rotatable bonds is 7. The van der Waals surface area contributed by atoms with Crippen molar-refractivity contribution >= 4 is 17.3 Å². The van der Waals surface area contributed by atoms with Crippen molar-refractivity contribution in [1.29, 1.82) is 0 Å². The molecule has 26 heavy (non-hydrogen) atoms. The number of hydrogen-bond donors (Lipinski definition) is 2. The summed E-state index contributed by atoms with van der Waals surface area (Å²) in [7, 11) is 1.63. The quantitative estimate of drug-likeness (QED) is 0.565. The number of nitrogens with zero attached hydrogens (tertiary/aromatic N) is 2. The van der Waals surface area contributed by atoms with E-state index in [4.69, 9.17) is 4.74 Å². The van der Waals surface area contributed by atoms with Crippen LogP contribution in [0, 0.1) is 0 Å². The smallest absolute Gasteiger partial charge is 0.434 e. The molecule has 2 rings (SSSR count). The molecule has 0 atom stereocenters. The fraction of sp³-hybridized carbons (Fsp3) is 0.412. The number of ether oxygens (including phenoxy) is 1. The average molecular weight is 386 g/mol. The van der Waals surface area contributed by atoms with Gasteiger partial charge in [0.05, 0.1) is 11.6 Å². The number of hydrogen-bond acceptors (Lipinski definition) is 4. The predicted molar refractivity (Wildman–Crippen MR) is 96.6 cm³/mol. The Hall–Kier alpha value is -2.29. The maximum Gasteiger partial charge on any atom is 0.434 e. The van der Waals surface area contributed by atoms with E-state index in [-0.39, 0.29) is 0 Å². The fourth-order valence-corrected chi connectivity index (χ4v) is 2.99. The van der Waals surface area contributed by atoms with Gasteiger partial charge in [-0.3, -0.25) is 4.99 Å². The molecule has 2 aromatic rings. The minimum atomic E-state index is -4.40. The highest BCUT2D eigenvalue weighted by atomic mass is 32.1. The molecule has 0 unspecified atom stereocenters. The van der Waals surface area contributed by atoms with Crippen LogP contribution in [0.5, 0.6) is 5.75 Å². The monoisotopic (exact) mass is 386 g/mol. The number of benzene rings is 1. The van der Waals surface area contributed by atoms with Crippen molar-refractivity contribution in [2.45, 2.75) is 26.1 Å². The van der Waals surface area contributed by atoms with Gasteiger partial charge in [0.25, 0.3) is 0 Å². The summed E-state index contributed by atoms with van der Waals surface area (Å²) >= 11 is 1.01. The Labute approximate surface area is 154 Å². The summed E-state index contributed by atoms with van der Waals surface area (Å²) in [6.07, 6.45) is -4.01. The lowest BCUT2D eigenvalue weighted by Crippen LogP contribution is -2.37. The Morgan fingerprint density at radius 3 is 2.69 bits per heavy atom. The van der Waals surface area contributed by atoms with Gasteiger partial charge in [-0.2, -0.15) is 13.2 Å². The molecule has 1 heterocycles. The molecule has 1 aromatic heterocycles. The van der Waals surface area contributed by atoms with E-state index in [1.165, 1.54) is 0 Å². The summed E-state index contributed by atoms with van der Waals surface area (Å²) < 4.78 is 43.2. The summed E-state index contributed by atoms with van der Waals surface area (Å²) in [6, 6.07) is 7.69. The second kappa shape index (κ2) is 9.42. The van der Waals surface area contributed by atoms with Gasteiger partial charge in [-0.25, -0.2) is 4.98 Å². The Morgan fingerprint density at radius 2 is 2.04 bits per heavy atom. The summed E-state index contributed by atoms with van der Waals surface area (Å²) in [6.45, 7) is 3.45. The number of para-hydroxylation sites is 1. The van der Waals surface area contributed by atoms with Crippen molar-refractivity contribution in [2.75, 3.05) is 20.2 Å². The zero-order valence-electron chi connectivity index (χ0n) is 14.6. The van der Waals surface area contributed by atoms with Gasteiger partial charge in [0, 0.05) is 37.5 Å². The third kappa shape index (κ3) is 5.91. The van der Waals surface area contributed by atoms with E-state index in [2.05, 4.69) is 20.6 Å². The van der Waals surface area contributed by atoms with Crippen LogP contribution in [0.25, 0.3) is 0 Å². The van der Waals surface area contributed by atoms with Crippen LogP contribution in [0.15, 0.2) is 34.6 Å². The molecule has 9 heteroatoms. The van der Waals surface area contributed by atoms with Gasteiger partial charge in [-0.05, 0) is 13.0 Å². The molecule has 0 saturated heterocycles. The van der Waals surface area contributed by atoms with Crippen LogP contribution in [0.2, 0.25) is 0 Å². The van der Waals surface area contributed by atoms with Crippen molar-refractivity contribution in [3.63, 3.8) is 0 Å². The second-order valence-corrected chi connectivity index (χ2v) is 6.21. The van der Waals surface area contributed by atoms with Crippen molar-refractivity contribution < 1.29 is 17.9 Å². The Kier molecular flexibility index (Phi) is 7.26. The van der Waals surface area contributed by atoms with Gasteiger partial charge < -0.3 is 15.4 Å². The topological polar surface area (TPSA) is 58.5 Å². The van der Waals surface area contributed by atoms with Gasteiger partial charge in [0.1, 0.15) is 5.75 Å². The number of nitrogens with one attached hydrogen (secondary N) is 2. The Balaban J connectivity index is 1.82. The number of alkyl halides is 3. The van der Waals surface area contributed by atoms with E-state index in [0.717, 1.165) is 28.0 Å². The van der Waals surface area contributed by atoms with Crippen molar-refractivity contribution in [2.24, 2.45) is 4.99 Å². The van der Waals surface area contributed by atoms with Gasteiger partial charge >= 0.3 is 6.18 Å². The lowest BCUT2D eigenvalue weighted by Gasteiger charge is -2.14. The standard InChI is InChI=1S/C17H21F3N4OS/c1-3-25-13-7-5-4-6-12(13)10-23-16(21-2)22-9-8-15-24-14(11-26-15)17(18,19)20/h4-7,11H,3,8-10H2,1-2H3,(H2,21,22,23). The molecule has 0 spiro atoms. The van der Waals surface area contributed by atoms with Crippen molar-refractivity contribution in [3.8, 4) is 5.75 Å². The molecule has 0 radical (unpaired) electrons. The van der Waals surface area contributed by atoms with Gasteiger partial charge in [-0.15, -0.1) is 11.3 Å². The van der Waals surface area contributed by atoms with E-state index in [1.54, 1.807) is 7.05 Å². The predicted octanol–water partition coefficient (Wildman–Crippen LogP) is 3.47. The third-order valence-corrected chi connectivity index (χ3v) is 4.32. The van der Waals surface area contributed by atoms with Crippen molar-refractivity contribution in [3.05, 3.63) is 45.9 Å². The van der Waals surface area contributed by atoms with Crippen LogP contribution >= 0.6 is 11.3 Å². The van der Waals surface area contributed by atoms with E-state index in [9.17, 15) is 13.2 Å². The Bertz CT molecular complexity index is 731. The second-order valence-electron chi connectivity index (χ2n) is 5.27. The van der Waals surface area contributed by atoms with Crippen LogP contribution in [0.1, 0.15) is 23.2 Å². The zero-order valence-corrected chi connectivity index (χ0v) is 15.4. The number of halogens is 3. The van der Waals surface area contributed by atoms with Gasteiger partial charge in [0.15, 0.2) is 11.7 Å². The number of aliphatic imine (C=N–C) groups is 1. The summed E-state index contributed by atoms with van der Waals surface area (Å²) in [5, 5.41) is 7.70. The van der Waals surface area contributed by atoms with Crippen LogP contribution in [0.4, 0.5) is 13.2 Å². The highest BCUT2D eigenvalue weighted by molar-refractivity contribution is 7.09. The summed E-state index contributed by atoms with van der Waals surface area (Å²) in [5.41, 5.74) is 0.152. The molecular formula is C17H21F3N4OS. The number of thiazole rings is 1. The zero-order chi connectivity index (χ0) is 19.0. The first kappa shape index (κ1) is 20.0. The van der Waals surface area contributed by atoms with Gasteiger partial charge in [0.2, 0.25) is 0 Å². The van der Waals surface area contributed by atoms with Gasteiger partial charge in [-0.1, -0.05) is 18.2 Å². The molecule has 0 bridgehead atoms. The first-order chi connectivity index (χ1) is 12.4. The van der Waals surface area contributed by atoms with E-state index in [1.807, 2.05) is 31.2 Å². The molecule has 2 N–H and O–H groups in total. The van der Waals surface area contributed by atoms with Crippen LogP contribution in [0.3, 0.4) is 0 Å². The number of aromatic nitrogens is 1. The van der Waals surface area contributed by atoms with E-state index >= 15 is 0 Å². The highest BCUT2D eigenvalue weighted by Crippen LogP contribution is 2.30. The molecule has 142 valence electrons. The van der Waals surface area contributed by atoms with Crippen LogP contribution < -0.4 is 15.4 Å². The number of guanidine groups is 1. The molecule has 0 aliphatic heterocycles. The fourth-order valence-electron chi connectivity index (χ4n) is 2.19. The SMILES string of the molecule is CCOc1ccccc1CNC(=NC)NCCc1nc(C(F)(F)F)cs1. The molecule has 0 aliphatic rings. The third-order valence-electron chi connectivity index (χ3n) is 3.42. The highest BCUT2D eigenvalue weighted by Gasteiger charge is 2.33. The first-order valence-corrected chi connectivity index (χ1v) is 8.98. The minimum Gasteiger partial charge on any atom is -0.494 e. The average Bonchev–Trinajstić information content (AvgIpc) is 3.08. The first-order valence-electron chi connectivity index (χ1n) is 8.10. The normalized spacial score (nSPS) is 12.1. The Morgan fingerprint density at radius 1 is 1.27 bits per heavy atom. The minimum absolute atomic E-state index is 0.386. The summed E-state index contributed by atoms with van der Waals surface area (Å²) in [4.78, 5) is 7.72.